The average molecular weight is 504 g/mol. The molecule has 10 nitrogen and oxygen atoms in total. The lowest BCUT2D eigenvalue weighted by Crippen LogP contribution is -2.15. The molecule has 0 spiro atoms. The summed E-state index contributed by atoms with van der Waals surface area (Å²) in [6, 6.07) is 5.48. The van der Waals surface area contributed by atoms with Crippen LogP contribution in [0.25, 0.3) is 11.4 Å². The third-order valence-corrected chi connectivity index (χ3v) is 6.20. The van der Waals surface area contributed by atoms with E-state index in [1.165, 1.54) is 23.1 Å². The van der Waals surface area contributed by atoms with Crippen LogP contribution in [-0.2, 0) is 27.3 Å². The molecule has 0 saturated carbocycles. The fourth-order valence-corrected chi connectivity index (χ4v) is 4.44. The number of amides is 1. The van der Waals surface area contributed by atoms with E-state index < -0.39 is 0 Å². The van der Waals surface area contributed by atoms with Gasteiger partial charge in [0.2, 0.25) is 5.91 Å². The van der Waals surface area contributed by atoms with Crippen molar-refractivity contribution in [3.05, 3.63) is 41.9 Å². The number of ether oxygens (including phenoxy) is 3. The highest BCUT2D eigenvalue weighted by atomic mass is 32.2. The molecule has 12 heteroatoms. The zero-order chi connectivity index (χ0) is 24.5. The lowest BCUT2D eigenvalue weighted by Gasteiger charge is -2.11. The number of carbonyl (C=O) groups is 2. The maximum atomic E-state index is 12.5. The van der Waals surface area contributed by atoms with E-state index in [-0.39, 0.29) is 24.1 Å². The van der Waals surface area contributed by atoms with Gasteiger partial charge >= 0.3 is 5.97 Å². The quantitative estimate of drug-likeness (QED) is 0.225. The third kappa shape index (κ3) is 6.35. The highest BCUT2D eigenvalue weighted by Crippen LogP contribution is 2.33. The maximum absolute atomic E-state index is 12.5. The molecular formula is C22H25N5O5S2. The van der Waals surface area contributed by atoms with Crippen molar-refractivity contribution in [3.63, 3.8) is 0 Å². The Morgan fingerprint density at radius 1 is 1.24 bits per heavy atom. The van der Waals surface area contributed by atoms with E-state index in [0.29, 0.717) is 46.5 Å². The zero-order valence-corrected chi connectivity index (χ0v) is 20.7. The molecule has 1 amide bonds. The van der Waals surface area contributed by atoms with Crippen molar-refractivity contribution >= 4 is 40.1 Å². The molecule has 0 aliphatic heterocycles. The van der Waals surface area contributed by atoms with Crippen LogP contribution in [0.4, 0.5) is 5.13 Å². The molecule has 1 aromatic carbocycles. The highest BCUT2D eigenvalue weighted by Gasteiger charge is 2.17. The Hall–Kier alpha value is -3.38. The van der Waals surface area contributed by atoms with Crippen molar-refractivity contribution in [3.8, 4) is 22.9 Å². The van der Waals surface area contributed by atoms with E-state index >= 15 is 0 Å². The molecule has 0 aliphatic carbocycles. The molecule has 0 unspecified atom stereocenters. The summed E-state index contributed by atoms with van der Waals surface area (Å²) in [5.41, 5.74) is 1.34. The minimum atomic E-state index is -0.354. The first-order chi connectivity index (χ1) is 16.5. The number of aromatic nitrogens is 4. The molecule has 0 aliphatic rings. The zero-order valence-electron chi connectivity index (χ0n) is 19.1. The van der Waals surface area contributed by atoms with Gasteiger partial charge in [-0.15, -0.1) is 28.1 Å². The SMILES string of the molecule is C=CCn1c(SCC(=O)Nc2nc(CC(=O)OCC)cs2)nnc1-c1ccc(OC)c(OC)c1. The Morgan fingerprint density at radius 3 is 2.74 bits per heavy atom. The van der Waals surface area contributed by atoms with Crippen LogP contribution in [0, 0.1) is 0 Å². The Morgan fingerprint density at radius 2 is 2.03 bits per heavy atom. The molecular weight excluding hydrogens is 478 g/mol. The summed E-state index contributed by atoms with van der Waals surface area (Å²) in [6.45, 7) is 6.33. The fourth-order valence-electron chi connectivity index (χ4n) is 2.97. The van der Waals surface area contributed by atoms with Crippen LogP contribution in [0.15, 0.2) is 41.4 Å². The molecule has 0 bridgehead atoms. The van der Waals surface area contributed by atoms with Crippen molar-refractivity contribution in [1.82, 2.24) is 19.7 Å². The Balaban J connectivity index is 1.67. The lowest BCUT2D eigenvalue weighted by molar-refractivity contribution is -0.142. The first-order valence-electron chi connectivity index (χ1n) is 10.3. The number of nitrogens with one attached hydrogen (secondary N) is 1. The molecule has 2 heterocycles. The van der Waals surface area contributed by atoms with Crippen LogP contribution in [-0.4, -0.2) is 58.2 Å². The first kappa shape index (κ1) is 25.2. The van der Waals surface area contributed by atoms with E-state index in [0.717, 1.165) is 5.56 Å². The summed E-state index contributed by atoms with van der Waals surface area (Å²) in [7, 11) is 3.14. The first-order valence-corrected chi connectivity index (χ1v) is 12.1. The number of hydrogen-bond donors (Lipinski definition) is 1. The Bertz CT molecular complexity index is 1160. The maximum Gasteiger partial charge on any atom is 0.311 e. The highest BCUT2D eigenvalue weighted by molar-refractivity contribution is 7.99. The predicted octanol–water partition coefficient (Wildman–Crippen LogP) is 3.44. The minimum absolute atomic E-state index is 0.0680. The van der Waals surface area contributed by atoms with Gasteiger partial charge in [-0.1, -0.05) is 17.8 Å². The standard InChI is InChI=1S/C22H25N5O5S2/c1-5-9-27-20(14-7-8-16(30-3)17(10-14)31-4)25-26-22(27)34-13-18(28)24-21-23-15(12-33-21)11-19(29)32-6-2/h5,7-8,10,12H,1,6,9,11,13H2,2-4H3,(H,23,24,28). The summed E-state index contributed by atoms with van der Waals surface area (Å²) in [4.78, 5) is 28.3. The van der Waals surface area contributed by atoms with Gasteiger partial charge in [-0.3, -0.25) is 14.2 Å². The number of thiazole rings is 1. The Kier molecular flexibility index (Phi) is 9.05. The van der Waals surface area contributed by atoms with E-state index in [9.17, 15) is 9.59 Å². The molecule has 3 rings (SSSR count). The molecule has 0 radical (unpaired) electrons. The van der Waals surface area contributed by atoms with Crippen LogP contribution in [0.3, 0.4) is 0 Å². The van der Waals surface area contributed by atoms with Crippen molar-refractivity contribution in [2.24, 2.45) is 0 Å². The van der Waals surface area contributed by atoms with Crippen LogP contribution >= 0.6 is 23.1 Å². The van der Waals surface area contributed by atoms with Gasteiger partial charge in [0.1, 0.15) is 0 Å². The molecule has 180 valence electrons. The van der Waals surface area contributed by atoms with Gasteiger partial charge in [-0.2, -0.15) is 0 Å². The molecule has 1 N–H and O–H groups in total. The number of methoxy groups -OCH3 is 2. The van der Waals surface area contributed by atoms with E-state index in [4.69, 9.17) is 14.2 Å². The predicted molar refractivity (Wildman–Crippen MR) is 131 cm³/mol. The van der Waals surface area contributed by atoms with Crippen molar-refractivity contribution < 1.29 is 23.8 Å². The topological polar surface area (TPSA) is 117 Å². The van der Waals surface area contributed by atoms with Gasteiger partial charge in [0.15, 0.2) is 27.6 Å². The van der Waals surface area contributed by atoms with Crippen LogP contribution in [0.2, 0.25) is 0 Å². The van der Waals surface area contributed by atoms with Gasteiger partial charge in [0.05, 0.1) is 38.7 Å². The number of rotatable bonds is 12. The van der Waals surface area contributed by atoms with Gasteiger partial charge < -0.3 is 19.5 Å². The van der Waals surface area contributed by atoms with Crippen molar-refractivity contribution in [2.75, 3.05) is 31.9 Å². The molecule has 0 saturated heterocycles. The second kappa shape index (κ2) is 12.2. The Labute approximate surface area is 205 Å². The lowest BCUT2D eigenvalue weighted by atomic mass is 10.2. The second-order valence-electron chi connectivity index (χ2n) is 6.74. The molecule has 3 aromatic rings. The molecule has 34 heavy (non-hydrogen) atoms. The molecule has 2 aromatic heterocycles. The largest absolute Gasteiger partial charge is 0.493 e. The minimum Gasteiger partial charge on any atom is -0.493 e. The summed E-state index contributed by atoms with van der Waals surface area (Å²) in [5, 5.41) is 14.0. The number of anilines is 1. The van der Waals surface area contributed by atoms with Crippen molar-refractivity contribution in [1.29, 1.82) is 0 Å². The van der Waals surface area contributed by atoms with Crippen molar-refractivity contribution in [2.45, 2.75) is 25.0 Å². The summed E-state index contributed by atoms with van der Waals surface area (Å²) < 4.78 is 17.5. The second-order valence-corrected chi connectivity index (χ2v) is 8.54. The van der Waals surface area contributed by atoms with Gasteiger partial charge in [0.25, 0.3) is 0 Å². The summed E-state index contributed by atoms with van der Waals surface area (Å²) >= 11 is 2.50. The van der Waals surface area contributed by atoms with Gasteiger partial charge in [0, 0.05) is 17.5 Å². The number of nitrogens with zero attached hydrogens (tertiary/aromatic N) is 4. The summed E-state index contributed by atoms with van der Waals surface area (Å²) in [6.07, 6.45) is 1.80. The fraction of sp³-hybridized carbons (Fsp3) is 0.318. The number of hydrogen-bond acceptors (Lipinski definition) is 10. The number of benzene rings is 1. The van der Waals surface area contributed by atoms with E-state index in [2.05, 4.69) is 27.1 Å². The normalized spacial score (nSPS) is 10.6. The van der Waals surface area contributed by atoms with Crippen LogP contribution < -0.4 is 14.8 Å². The summed E-state index contributed by atoms with van der Waals surface area (Å²) in [5.74, 6) is 1.31. The smallest absolute Gasteiger partial charge is 0.311 e. The number of allylic oxidation sites excluding steroid dienone is 1. The number of esters is 1. The van der Waals surface area contributed by atoms with E-state index in [1.807, 2.05) is 16.7 Å². The third-order valence-electron chi connectivity index (χ3n) is 4.43. The monoisotopic (exact) mass is 503 g/mol. The van der Waals surface area contributed by atoms with E-state index in [1.54, 1.807) is 38.7 Å². The van der Waals surface area contributed by atoms with Gasteiger partial charge in [-0.05, 0) is 25.1 Å². The molecule has 0 atom stereocenters. The average Bonchev–Trinajstić information content (AvgIpc) is 3.44. The van der Waals surface area contributed by atoms with Crippen LogP contribution in [0.5, 0.6) is 11.5 Å². The number of thioether (sulfide) groups is 1. The van der Waals surface area contributed by atoms with Crippen LogP contribution in [0.1, 0.15) is 12.6 Å². The molecule has 0 fully saturated rings. The number of carbonyl (C=O) groups excluding carboxylic acids is 2. The van der Waals surface area contributed by atoms with Gasteiger partial charge in [-0.25, -0.2) is 4.98 Å².